The summed E-state index contributed by atoms with van der Waals surface area (Å²) < 4.78 is 2.43. The molecule has 0 amide bonds. The highest BCUT2D eigenvalue weighted by Crippen LogP contribution is 2.38. The second-order valence-corrected chi connectivity index (χ2v) is 7.30. The summed E-state index contributed by atoms with van der Waals surface area (Å²) in [7, 11) is 0. The van der Waals surface area contributed by atoms with E-state index in [0.29, 0.717) is 18.2 Å². The first-order chi connectivity index (χ1) is 9.35. The predicted octanol–water partition coefficient (Wildman–Crippen LogP) is 5.09. The lowest BCUT2D eigenvalue weighted by Crippen LogP contribution is -2.28. The summed E-state index contributed by atoms with van der Waals surface area (Å²) in [6.07, 6.45) is 6.78. The predicted molar refractivity (Wildman–Crippen MR) is 84.5 cm³/mol. The minimum absolute atomic E-state index is 0.107. The van der Waals surface area contributed by atoms with E-state index in [2.05, 4.69) is 45.3 Å². The highest BCUT2D eigenvalue weighted by molar-refractivity contribution is 5.99. The average Bonchev–Trinajstić information content (AvgIpc) is 2.64. The Kier molecular flexibility index (Phi) is 4.41. The first-order valence-corrected chi connectivity index (χ1v) is 8.09. The van der Waals surface area contributed by atoms with Crippen molar-refractivity contribution in [3.8, 4) is 0 Å². The summed E-state index contributed by atoms with van der Waals surface area (Å²) in [6.45, 7) is 11.1. The van der Waals surface area contributed by atoms with Crippen molar-refractivity contribution in [3.05, 3.63) is 23.0 Å². The van der Waals surface area contributed by atoms with Crippen LogP contribution in [0.2, 0.25) is 0 Å². The van der Waals surface area contributed by atoms with Gasteiger partial charge >= 0.3 is 0 Å². The number of ketones is 1. The first kappa shape index (κ1) is 15.3. The molecule has 1 aliphatic rings. The molecule has 1 unspecified atom stereocenters. The molecule has 0 aliphatic heterocycles. The quantitative estimate of drug-likeness (QED) is 0.686. The number of aryl methyl sites for hydroxylation is 1. The van der Waals surface area contributed by atoms with Crippen LogP contribution >= 0.6 is 0 Å². The van der Waals surface area contributed by atoms with Gasteiger partial charge in [0.25, 0.3) is 0 Å². The van der Waals surface area contributed by atoms with Gasteiger partial charge in [-0.05, 0) is 38.2 Å². The number of aromatic nitrogens is 1. The molecule has 0 aromatic carbocycles. The molecule has 0 spiro atoms. The first-order valence-electron chi connectivity index (χ1n) is 8.09. The summed E-state index contributed by atoms with van der Waals surface area (Å²) in [5, 5.41) is 0. The van der Waals surface area contributed by atoms with Crippen LogP contribution < -0.4 is 0 Å². The second-order valence-electron chi connectivity index (χ2n) is 7.30. The zero-order chi connectivity index (χ0) is 14.9. The van der Waals surface area contributed by atoms with E-state index in [1.54, 1.807) is 0 Å². The van der Waals surface area contributed by atoms with E-state index < -0.39 is 0 Å². The number of Topliss-reactive ketones (excluding diaryl/α,β-unsaturated/α-hetero) is 1. The molecular weight excluding hydrogens is 246 g/mol. The standard InChI is InChI=1S/C18H29NO/c1-6-7-8-9-13(2)19-14(3)10-15-16(19)11-18(4,5)12-17(15)20/h10,13H,6-9,11-12H2,1-5H3. The van der Waals surface area contributed by atoms with E-state index in [0.717, 1.165) is 12.0 Å². The van der Waals surface area contributed by atoms with Crippen LogP contribution in [0.15, 0.2) is 6.07 Å². The van der Waals surface area contributed by atoms with Gasteiger partial charge in [-0.15, -0.1) is 0 Å². The molecule has 0 radical (unpaired) electrons. The lowest BCUT2D eigenvalue weighted by Gasteiger charge is -2.31. The molecule has 1 atom stereocenters. The molecule has 1 aliphatic carbocycles. The zero-order valence-corrected chi connectivity index (χ0v) is 13.8. The van der Waals surface area contributed by atoms with Crippen molar-refractivity contribution in [1.82, 2.24) is 4.57 Å². The van der Waals surface area contributed by atoms with Crippen LogP contribution in [-0.4, -0.2) is 10.4 Å². The Labute approximate surface area is 123 Å². The molecule has 1 heterocycles. The normalized spacial score (nSPS) is 18.9. The van der Waals surface area contributed by atoms with Crippen molar-refractivity contribution in [2.45, 2.75) is 79.2 Å². The van der Waals surface area contributed by atoms with Crippen molar-refractivity contribution >= 4 is 5.78 Å². The Morgan fingerprint density at radius 2 is 2.00 bits per heavy atom. The van der Waals surface area contributed by atoms with Crippen molar-refractivity contribution in [1.29, 1.82) is 0 Å². The highest BCUT2D eigenvalue weighted by atomic mass is 16.1. The number of carbonyl (C=O) groups is 1. The molecule has 2 heteroatoms. The maximum atomic E-state index is 12.3. The largest absolute Gasteiger partial charge is 0.345 e. The Bertz CT molecular complexity index is 496. The van der Waals surface area contributed by atoms with Crippen molar-refractivity contribution < 1.29 is 4.79 Å². The Balaban J connectivity index is 2.29. The van der Waals surface area contributed by atoms with Crippen LogP contribution in [0.4, 0.5) is 0 Å². The van der Waals surface area contributed by atoms with Crippen LogP contribution in [0.25, 0.3) is 0 Å². The van der Waals surface area contributed by atoms with Gasteiger partial charge in [0.05, 0.1) is 0 Å². The Hall–Kier alpha value is -1.05. The molecule has 1 aromatic heterocycles. The summed E-state index contributed by atoms with van der Waals surface area (Å²) in [6, 6.07) is 2.62. The van der Waals surface area contributed by atoms with Gasteiger partial charge in [-0.25, -0.2) is 0 Å². The number of nitrogens with zero attached hydrogens (tertiary/aromatic N) is 1. The summed E-state index contributed by atoms with van der Waals surface area (Å²) >= 11 is 0. The fourth-order valence-electron chi connectivity index (χ4n) is 3.60. The van der Waals surface area contributed by atoms with E-state index in [4.69, 9.17) is 0 Å². The van der Waals surface area contributed by atoms with E-state index in [-0.39, 0.29) is 5.41 Å². The summed E-state index contributed by atoms with van der Waals surface area (Å²) in [4.78, 5) is 12.3. The third kappa shape index (κ3) is 2.99. The Morgan fingerprint density at radius 1 is 1.30 bits per heavy atom. The van der Waals surface area contributed by atoms with Gasteiger partial charge in [0.1, 0.15) is 0 Å². The van der Waals surface area contributed by atoms with Crippen molar-refractivity contribution in [3.63, 3.8) is 0 Å². The smallest absolute Gasteiger partial charge is 0.165 e. The van der Waals surface area contributed by atoms with E-state index in [1.807, 2.05) is 0 Å². The molecule has 112 valence electrons. The fraction of sp³-hybridized carbons (Fsp3) is 0.722. The lowest BCUT2D eigenvalue weighted by molar-refractivity contribution is 0.0909. The molecule has 0 bridgehead atoms. The molecule has 0 fully saturated rings. The number of rotatable bonds is 5. The van der Waals surface area contributed by atoms with Crippen LogP contribution in [0.1, 0.15) is 87.6 Å². The molecule has 1 aromatic rings. The summed E-state index contributed by atoms with van der Waals surface area (Å²) in [5.41, 5.74) is 3.64. The monoisotopic (exact) mass is 275 g/mol. The zero-order valence-electron chi connectivity index (χ0n) is 13.8. The fourth-order valence-corrected chi connectivity index (χ4v) is 3.60. The van der Waals surface area contributed by atoms with Crippen molar-refractivity contribution in [2.24, 2.45) is 5.41 Å². The van der Waals surface area contributed by atoms with Crippen LogP contribution in [-0.2, 0) is 6.42 Å². The molecule has 0 N–H and O–H groups in total. The highest BCUT2D eigenvalue weighted by Gasteiger charge is 2.34. The van der Waals surface area contributed by atoms with Gasteiger partial charge in [-0.1, -0.05) is 40.0 Å². The molecule has 20 heavy (non-hydrogen) atoms. The van der Waals surface area contributed by atoms with Gasteiger partial charge < -0.3 is 4.57 Å². The second kappa shape index (κ2) is 5.75. The van der Waals surface area contributed by atoms with Gasteiger partial charge in [0.2, 0.25) is 0 Å². The third-order valence-electron chi connectivity index (χ3n) is 4.59. The van der Waals surface area contributed by atoms with Gasteiger partial charge in [-0.2, -0.15) is 0 Å². The minimum Gasteiger partial charge on any atom is -0.345 e. The number of fused-ring (bicyclic) bond motifs is 1. The molecular formula is C18H29NO. The number of unbranched alkanes of at least 4 members (excludes halogenated alkanes) is 2. The Morgan fingerprint density at radius 3 is 2.65 bits per heavy atom. The number of hydrogen-bond acceptors (Lipinski definition) is 1. The van der Waals surface area contributed by atoms with Crippen LogP contribution in [0.5, 0.6) is 0 Å². The number of carbonyl (C=O) groups excluding carboxylic acids is 1. The maximum Gasteiger partial charge on any atom is 0.165 e. The van der Waals surface area contributed by atoms with E-state index in [9.17, 15) is 4.79 Å². The molecule has 0 saturated heterocycles. The SMILES string of the molecule is CCCCCC(C)n1c(C)cc2c1CC(C)(C)CC2=O. The van der Waals surface area contributed by atoms with E-state index >= 15 is 0 Å². The molecule has 2 rings (SSSR count). The maximum absolute atomic E-state index is 12.3. The van der Waals surface area contributed by atoms with Gasteiger partial charge in [0, 0.05) is 29.4 Å². The van der Waals surface area contributed by atoms with Crippen LogP contribution in [0.3, 0.4) is 0 Å². The van der Waals surface area contributed by atoms with Gasteiger partial charge in [-0.3, -0.25) is 4.79 Å². The lowest BCUT2D eigenvalue weighted by atomic mass is 9.76. The van der Waals surface area contributed by atoms with Crippen LogP contribution in [0, 0.1) is 12.3 Å². The summed E-state index contributed by atoms with van der Waals surface area (Å²) in [5.74, 6) is 0.332. The third-order valence-corrected chi connectivity index (χ3v) is 4.59. The average molecular weight is 275 g/mol. The van der Waals surface area contributed by atoms with E-state index in [1.165, 1.54) is 37.1 Å². The van der Waals surface area contributed by atoms with Crippen molar-refractivity contribution in [2.75, 3.05) is 0 Å². The molecule has 0 saturated carbocycles. The minimum atomic E-state index is 0.107. The number of hydrogen-bond donors (Lipinski definition) is 0. The topological polar surface area (TPSA) is 22.0 Å². The molecule has 2 nitrogen and oxygen atoms in total. The van der Waals surface area contributed by atoms with Gasteiger partial charge in [0.15, 0.2) is 5.78 Å².